The summed E-state index contributed by atoms with van der Waals surface area (Å²) in [5, 5.41) is 0. The maximum absolute atomic E-state index is 11.0. The van der Waals surface area contributed by atoms with E-state index in [9.17, 15) is 4.79 Å². The molecule has 0 unspecified atom stereocenters. The van der Waals surface area contributed by atoms with Crippen LogP contribution in [0.3, 0.4) is 0 Å². The molecule has 2 heteroatoms. The Morgan fingerprint density at radius 3 is 2.31 bits per heavy atom. The lowest BCUT2D eigenvalue weighted by molar-refractivity contribution is -0.138. The Morgan fingerprint density at radius 2 is 1.85 bits per heavy atom. The predicted octanol–water partition coefficient (Wildman–Crippen LogP) is 2.79. The van der Waals surface area contributed by atoms with Crippen LogP contribution in [0.15, 0.2) is 12.2 Å². The number of hydrogen-bond acceptors (Lipinski definition) is 2. The van der Waals surface area contributed by atoms with Crippen molar-refractivity contribution >= 4 is 5.97 Å². The lowest BCUT2D eigenvalue weighted by Crippen LogP contribution is -2.07. The molecular weight excluding hydrogens is 164 g/mol. The largest absolute Gasteiger partial charge is 0.462 e. The molecule has 0 saturated heterocycles. The molecule has 0 aromatic carbocycles. The summed E-state index contributed by atoms with van der Waals surface area (Å²) in [5.74, 6) is 0.769. The van der Waals surface area contributed by atoms with Gasteiger partial charge in [-0.2, -0.15) is 0 Å². The second kappa shape index (κ2) is 6.70. The van der Waals surface area contributed by atoms with E-state index in [0.29, 0.717) is 18.4 Å². The monoisotopic (exact) mass is 184 g/mol. The van der Waals surface area contributed by atoms with Crippen molar-refractivity contribution in [2.45, 2.75) is 34.1 Å². The van der Waals surface area contributed by atoms with Crippen LogP contribution in [0, 0.1) is 11.8 Å². The van der Waals surface area contributed by atoms with Gasteiger partial charge < -0.3 is 4.74 Å². The fraction of sp³-hybridized carbons (Fsp3) is 0.727. The average Bonchev–Trinajstić information content (AvgIpc) is 2.00. The molecule has 0 aromatic heterocycles. The minimum absolute atomic E-state index is 0.227. The van der Waals surface area contributed by atoms with Crippen LogP contribution in [0.1, 0.15) is 34.1 Å². The van der Waals surface area contributed by atoms with Crippen LogP contribution in [0.4, 0.5) is 0 Å². The van der Waals surface area contributed by atoms with Crippen molar-refractivity contribution in [2.75, 3.05) is 6.61 Å². The molecule has 2 nitrogen and oxygen atoms in total. The summed E-state index contributed by atoms with van der Waals surface area (Å²) >= 11 is 0. The molecule has 0 aromatic rings. The Hall–Kier alpha value is -0.790. The molecule has 0 atom stereocenters. The van der Waals surface area contributed by atoms with Gasteiger partial charge in [0.15, 0.2) is 0 Å². The second-order valence-electron chi connectivity index (χ2n) is 4.06. The van der Waals surface area contributed by atoms with Crippen molar-refractivity contribution < 1.29 is 9.53 Å². The molecule has 0 heterocycles. The minimum atomic E-state index is -0.227. The molecule has 0 N–H and O–H groups in total. The lowest BCUT2D eigenvalue weighted by atomic mass is 10.1. The summed E-state index contributed by atoms with van der Waals surface area (Å²) in [5.41, 5.74) is 0. The minimum Gasteiger partial charge on any atom is -0.462 e. The molecule has 0 aliphatic rings. The van der Waals surface area contributed by atoms with Crippen molar-refractivity contribution in [3.8, 4) is 0 Å². The molecule has 0 rings (SSSR count). The van der Waals surface area contributed by atoms with Crippen molar-refractivity contribution in [3.63, 3.8) is 0 Å². The van der Waals surface area contributed by atoms with E-state index in [1.807, 2.05) is 19.9 Å². The number of carbonyl (C=O) groups is 1. The topological polar surface area (TPSA) is 26.3 Å². The maximum Gasteiger partial charge on any atom is 0.330 e. The van der Waals surface area contributed by atoms with Crippen LogP contribution in [0.5, 0.6) is 0 Å². The Labute approximate surface area is 81.0 Å². The second-order valence-corrected chi connectivity index (χ2v) is 4.06. The molecule has 0 bridgehead atoms. The summed E-state index contributed by atoms with van der Waals surface area (Å²) < 4.78 is 4.96. The van der Waals surface area contributed by atoms with E-state index in [-0.39, 0.29) is 5.97 Å². The van der Waals surface area contributed by atoms with Crippen molar-refractivity contribution in [1.29, 1.82) is 0 Å². The Bertz CT molecular complexity index is 169. The fourth-order valence-corrected chi connectivity index (χ4v) is 0.733. The maximum atomic E-state index is 11.0. The van der Waals surface area contributed by atoms with Gasteiger partial charge in [-0.1, -0.05) is 33.8 Å². The van der Waals surface area contributed by atoms with Gasteiger partial charge in [-0.15, -0.1) is 0 Å². The van der Waals surface area contributed by atoms with Crippen LogP contribution < -0.4 is 0 Å². The predicted molar refractivity (Wildman–Crippen MR) is 54.4 cm³/mol. The molecule has 76 valence electrons. The zero-order valence-corrected chi connectivity index (χ0v) is 9.04. The first-order valence-electron chi connectivity index (χ1n) is 4.85. The summed E-state index contributed by atoms with van der Waals surface area (Å²) in [6.07, 6.45) is 4.31. The number of allylic oxidation sites excluding steroid dienone is 1. The van der Waals surface area contributed by atoms with Crippen molar-refractivity contribution in [3.05, 3.63) is 12.2 Å². The summed E-state index contributed by atoms with van der Waals surface area (Å²) in [6, 6.07) is 0. The Kier molecular flexibility index (Phi) is 6.29. The Balaban J connectivity index is 3.56. The number of hydrogen-bond donors (Lipinski definition) is 0. The first kappa shape index (κ1) is 12.2. The van der Waals surface area contributed by atoms with E-state index in [1.165, 1.54) is 6.08 Å². The molecule has 0 amide bonds. The van der Waals surface area contributed by atoms with Crippen LogP contribution in [-0.2, 0) is 9.53 Å². The van der Waals surface area contributed by atoms with Gasteiger partial charge in [0.25, 0.3) is 0 Å². The highest BCUT2D eigenvalue weighted by Gasteiger charge is 1.99. The van der Waals surface area contributed by atoms with Gasteiger partial charge >= 0.3 is 5.97 Å². The summed E-state index contributed by atoms with van der Waals surface area (Å²) in [7, 11) is 0. The van der Waals surface area contributed by atoms with Gasteiger partial charge in [-0.25, -0.2) is 4.79 Å². The summed E-state index contributed by atoms with van der Waals surface area (Å²) in [4.78, 5) is 11.0. The van der Waals surface area contributed by atoms with Gasteiger partial charge in [0.05, 0.1) is 6.61 Å². The average molecular weight is 184 g/mol. The zero-order valence-electron chi connectivity index (χ0n) is 9.04. The van der Waals surface area contributed by atoms with Crippen LogP contribution in [0.2, 0.25) is 0 Å². The highest BCUT2D eigenvalue weighted by molar-refractivity contribution is 5.81. The van der Waals surface area contributed by atoms with Gasteiger partial charge in [-0.3, -0.25) is 0 Å². The van der Waals surface area contributed by atoms with Crippen LogP contribution in [0.25, 0.3) is 0 Å². The lowest BCUT2D eigenvalue weighted by Gasteiger charge is -2.04. The van der Waals surface area contributed by atoms with Gasteiger partial charge in [0.1, 0.15) is 0 Å². The number of ether oxygens (including phenoxy) is 1. The third kappa shape index (κ3) is 9.12. The summed E-state index contributed by atoms with van der Waals surface area (Å²) in [6.45, 7) is 8.77. The number of carbonyl (C=O) groups excluding carboxylic acids is 1. The van der Waals surface area contributed by atoms with Crippen molar-refractivity contribution in [1.82, 2.24) is 0 Å². The standard InChI is InChI=1S/C11H20O2/c1-9(2)6-5-7-11(12)13-8-10(3)4/h5,7,9-10H,6,8H2,1-4H3. The Morgan fingerprint density at radius 1 is 1.23 bits per heavy atom. The number of rotatable bonds is 5. The molecule has 0 radical (unpaired) electrons. The van der Waals surface area contributed by atoms with E-state index in [1.54, 1.807) is 0 Å². The molecular formula is C11H20O2. The van der Waals surface area contributed by atoms with Gasteiger partial charge in [0, 0.05) is 6.08 Å². The molecule has 0 fully saturated rings. The van der Waals surface area contributed by atoms with E-state index in [4.69, 9.17) is 4.74 Å². The van der Waals surface area contributed by atoms with E-state index >= 15 is 0 Å². The normalized spacial score (nSPS) is 11.5. The first-order valence-corrected chi connectivity index (χ1v) is 4.85. The van der Waals surface area contributed by atoms with Gasteiger partial charge in [0.2, 0.25) is 0 Å². The fourth-order valence-electron chi connectivity index (χ4n) is 0.733. The molecule has 0 saturated carbocycles. The molecule has 0 spiro atoms. The highest BCUT2D eigenvalue weighted by atomic mass is 16.5. The quantitative estimate of drug-likeness (QED) is 0.485. The third-order valence-corrected chi connectivity index (χ3v) is 1.42. The van der Waals surface area contributed by atoms with Crippen LogP contribution in [-0.4, -0.2) is 12.6 Å². The first-order chi connectivity index (χ1) is 6.02. The van der Waals surface area contributed by atoms with Gasteiger partial charge in [-0.05, 0) is 18.3 Å². The van der Waals surface area contributed by atoms with Crippen molar-refractivity contribution in [2.24, 2.45) is 11.8 Å². The molecule has 13 heavy (non-hydrogen) atoms. The van der Waals surface area contributed by atoms with E-state index in [2.05, 4.69) is 13.8 Å². The smallest absolute Gasteiger partial charge is 0.330 e. The van der Waals surface area contributed by atoms with E-state index in [0.717, 1.165) is 6.42 Å². The zero-order chi connectivity index (χ0) is 10.3. The SMILES string of the molecule is CC(C)CC=CC(=O)OCC(C)C. The highest BCUT2D eigenvalue weighted by Crippen LogP contribution is 2.00. The number of esters is 1. The van der Waals surface area contributed by atoms with E-state index < -0.39 is 0 Å². The van der Waals surface area contributed by atoms with Crippen LogP contribution >= 0.6 is 0 Å². The third-order valence-electron chi connectivity index (χ3n) is 1.42. The molecule has 0 aliphatic carbocycles. The molecule has 0 aliphatic heterocycles.